The highest BCUT2D eigenvalue weighted by atomic mass is 35.5. The van der Waals surface area contributed by atoms with Gasteiger partial charge in [-0.05, 0) is 51.6 Å². The zero-order valence-electron chi connectivity index (χ0n) is 32.7. The summed E-state index contributed by atoms with van der Waals surface area (Å²) in [4.78, 5) is 81.8. The molecule has 0 unspecified atom stereocenters. The third-order valence-electron chi connectivity index (χ3n) is 10.2. The molecule has 314 valence electrons. The highest BCUT2D eigenvalue weighted by molar-refractivity contribution is 6.31. The Balaban J connectivity index is 1.39. The maximum absolute atomic E-state index is 14.5. The van der Waals surface area contributed by atoms with Gasteiger partial charge in [-0.25, -0.2) is 4.79 Å². The van der Waals surface area contributed by atoms with Crippen LogP contribution in [0.5, 0.6) is 0 Å². The van der Waals surface area contributed by atoms with Gasteiger partial charge < -0.3 is 41.9 Å². The van der Waals surface area contributed by atoms with Gasteiger partial charge in [0.05, 0.1) is 0 Å². The number of hydrogen-bond acceptors (Lipinski definition) is 8. The minimum absolute atomic E-state index is 0.0447. The molecule has 0 aliphatic carbocycles. The minimum Gasteiger partial charge on any atom is -0.480 e. The number of aliphatic carboxylic acids is 1. The lowest BCUT2D eigenvalue weighted by Crippen LogP contribution is -2.60. The number of halogens is 1. The SMILES string of the molecule is O=C(O)[C@@H]1Cc2ccc(cc2)NC(=O)[C@H](O)[C@@H](O)C(=O)N[C@H](Cc2ccccc2Cl)C(=O)N[C@@H](Cc2ccc(-c3ccccc3)cc2)C(=O)N[C@H](Cc2ccccc2)C(=O)N1. The standard InChI is InChI=1S/C46H44ClN5O9/c47-34-14-8-7-13-32(34)26-37-43(57)50-36(24-28-15-19-31(20-16-28)30-11-5-2-6-12-30)41(55)49-35(23-27-9-3-1-4-10-27)42(56)52-38(46(60)61)25-29-17-21-33(22-18-29)48-44(58)39(53)40(54)45(59)51-37/h1-22,35-40,53-54H,23-26H2,(H,48,58)(H,49,55)(H,50,57)(H,51,59)(H,52,56)(H,60,61)/t35-,36+,37-,38+,39-,40-/m1/s1. The lowest BCUT2D eigenvalue weighted by molar-refractivity contribution is -0.145. The molecular formula is C46H44ClN5O9. The van der Waals surface area contributed by atoms with Crippen molar-refractivity contribution in [2.24, 2.45) is 0 Å². The number of carbonyl (C=O) groups excluding carboxylic acids is 5. The number of hydrogen-bond donors (Lipinski definition) is 8. The first-order valence-corrected chi connectivity index (χ1v) is 19.8. The summed E-state index contributed by atoms with van der Waals surface area (Å²) >= 11 is 6.45. The lowest BCUT2D eigenvalue weighted by Gasteiger charge is -2.27. The topological polar surface area (TPSA) is 223 Å². The van der Waals surface area contributed by atoms with Gasteiger partial charge in [-0.15, -0.1) is 0 Å². The van der Waals surface area contributed by atoms with Crippen molar-refractivity contribution >= 4 is 52.8 Å². The van der Waals surface area contributed by atoms with Crippen molar-refractivity contribution in [3.63, 3.8) is 0 Å². The molecule has 5 amide bonds. The van der Waals surface area contributed by atoms with Gasteiger partial charge in [0.1, 0.15) is 24.2 Å². The fraction of sp³-hybridized carbons (Fsp3) is 0.217. The van der Waals surface area contributed by atoms with E-state index in [0.29, 0.717) is 22.3 Å². The number of amides is 5. The van der Waals surface area contributed by atoms with E-state index in [4.69, 9.17) is 11.6 Å². The average molecular weight is 846 g/mol. The maximum atomic E-state index is 14.5. The van der Waals surface area contributed by atoms with Crippen molar-refractivity contribution < 1.29 is 44.1 Å². The van der Waals surface area contributed by atoms with Gasteiger partial charge in [0, 0.05) is 36.4 Å². The largest absolute Gasteiger partial charge is 0.480 e. The van der Waals surface area contributed by atoms with Crippen molar-refractivity contribution in [2.75, 3.05) is 5.32 Å². The van der Waals surface area contributed by atoms with E-state index in [1.807, 2.05) is 42.5 Å². The first-order valence-electron chi connectivity index (χ1n) is 19.5. The van der Waals surface area contributed by atoms with E-state index >= 15 is 0 Å². The molecule has 61 heavy (non-hydrogen) atoms. The second kappa shape index (κ2) is 20.4. The first-order chi connectivity index (χ1) is 29.3. The minimum atomic E-state index is -2.34. The molecular weight excluding hydrogens is 802 g/mol. The number of rotatable bonds is 8. The summed E-state index contributed by atoms with van der Waals surface area (Å²) in [5, 5.41) is 44.8. The Hall–Kier alpha value is -6.87. The number of benzene rings is 5. The molecule has 5 aromatic carbocycles. The van der Waals surface area contributed by atoms with Gasteiger partial charge in [0.15, 0.2) is 12.2 Å². The maximum Gasteiger partial charge on any atom is 0.326 e. The molecule has 0 aromatic heterocycles. The summed E-state index contributed by atoms with van der Waals surface area (Å²) in [6.07, 6.45) is -5.21. The summed E-state index contributed by atoms with van der Waals surface area (Å²) in [5.41, 5.74) is 4.12. The van der Waals surface area contributed by atoms with Crippen molar-refractivity contribution in [1.29, 1.82) is 0 Å². The van der Waals surface area contributed by atoms with Gasteiger partial charge in [-0.2, -0.15) is 0 Å². The van der Waals surface area contributed by atoms with E-state index < -0.39 is 71.9 Å². The second-order valence-electron chi connectivity index (χ2n) is 14.6. The Morgan fingerprint density at radius 3 is 1.59 bits per heavy atom. The molecule has 5 aromatic rings. The monoisotopic (exact) mass is 845 g/mol. The quantitative estimate of drug-likeness (QED) is 0.107. The molecule has 2 bridgehead atoms. The number of fused-ring (bicyclic) bond motifs is 18. The van der Waals surface area contributed by atoms with Crippen LogP contribution in [0.4, 0.5) is 5.69 Å². The fourth-order valence-electron chi connectivity index (χ4n) is 6.80. The number of anilines is 1. The van der Waals surface area contributed by atoms with Crippen LogP contribution in [0.3, 0.4) is 0 Å². The molecule has 0 spiro atoms. The van der Waals surface area contributed by atoms with Gasteiger partial charge in [-0.1, -0.05) is 127 Å². The Morgan fingerprint density at radius 1 is 0.525 bits per heavy atom. The molecule has 15 heteroatoms. The van der Waals surface area contributed by atoms with Crippen molar-refractivity contribution in [1.82, 2.24) is 21.3 Å². The zero-order chi connectivity index (χ0) is 43.5. The summed E-state index contributed by atoms with van der Waals surface area (Å²) < 4.78 is 0. The van der Waals surface area contributed by atoms with Gasteiger partial charge in [0.2, 0.25) is 17.7 Å². The average Bonchev–Trinajstić information content (AvgIpc) is 3.26. The number of aliphatic hydroxyl groups excluding tert-OH is 2. The molecule has 0 saturated carbocycles. The van der Waals surface area contributed by atoms with Crippen LogP contribution in [-0.2, 0) is 54.5 Å². The molecule has 7 rings (SSSR count). The van der Waals surface area contributed by atoms with E-state index in [2.05, 4.69) is 26.6 Å². The van der Waals surface area contributed by atoms with Crippen LogP contribution in [0.1, 0.15) is 22.3 Å². The number of carbonyl (C=O) groups is 6. The van der Waals surface area contributed by atoms with Gasteiger partial charge >= 0.3 is 5.97 Å². The predicted octanol–water partition coefficient (Wildman–Crippen LogP) is 2.98. The van der Waals surface area contributed by atoms with Crippen LogP contribution < -0.4 is 26.6 Å². The van der Waals surface area contributed by atoms with Crippen molar-refractivity contribution in [3.8, 4) is 11.1 Å². The van der Waals surface area contributed by atoms with Crippen LogP contribution >= 0.6 is 11.6 Å². The van der Waals surface area contributed by atoms with E-state index in [9.17, 15) is 44.1 Å². The number of aliphatic hydroxyl groups is 2. The normalized spacial score (nSPS) is 21.8. The number of nitrogens with one attached hydrogen (secondary N) is 5. The Morgan fingerprint density at radius 2 is 1.00 bits per heavy atom. The molecule has 14 nitrogen and oxygen atoms in total. The predicted molar refractivity (Wildman–Crippen MR) is 227 cm³/mol. The Kier molecular flexibility index (Phi) is 14.6. The number of carboxylic acid groups (broad SMARTS) is 1. The lowest BCUT2D eigenvalue weighted by atomic mass is 9.98. The zero-order valence-corrected chi connectivity index (χ0v) is 33.4. The van der Waals surface area contributed by atoms with Gasteiger partial charge in [-0.3, -0.25) is 24.0 Å². The van der Waals surface area contributed by atoms with E-state index in [0.717, 1.165) is 11.1 Å². The fourth-order valence-corrected chi connectivity index (χ4v) is 7.01. The first kappa shape index (κ1) is 43.7. The van der Waals surface area contributed by atoms with Gasteiger partial charge in [0.25, 0.3) is 11.8 Å². The number of carboxylic acids is 1. The third-order valence-corrected chi connectivity index (χ3v) is 10.5. The molecule has 2 aliphatic rings. The van der Waals surface area contributed by atoms with Crippen LogP contribution in [0.15, 0.2) is 133 Å². The molecule has 0 fully saturated rings. The highest BCUT2D eigenvalue weighted by Crippen LogP contribution is 2.21. The van der Waals surface area contributed by atoms with Crippen molar-refractivity contribution in [3.05, 3.63) is 161 Å². The second-order valence-corrected chi connectivity index (χ2v) is 15.0. The molecule has 2 heterocycles. The molecule has 6 atom stereocenters. The van der Waals surface area contributed by atoms with Crippen LogP contribution in [0.2, 0.25) is 5.02 Å². The highest BCUT2D eigenvalue weighted by Gasteiger charge is 2.36. The van der Waals surface area contributed by atoms with E-state index in [1.54, 1.807) is 66.7 Å². The smallest absolute Gasteiger partial charge is 0.326 e. The summed E-state index contributed by atoms with van der Waals surface area (Å²) in [6, 6.07) is 32.3. The van der Waals surface area contributed by atoms with Crippen molar-refractivity contribution in [2.45, 2.75) is 62.1 Å². The molecule has 0 radical (unpaired) electrons. The summed E-state index contributed by atoms with van der Waals surface area (Å²) in [5.74, 6) is -6.28. The molecule has 2 aliphatic heterocycles. The van der Waals surface area contributed by atoms with Crippen LogP contribution in [0, 0.1) is 0 Å². The summed E-state index contributed by atoms with van der Waals surface area (Å²) in [6.45, 7) is 0. The molecule has 8 N–H and O–H groups in total. The van der Waals surface area contributed by atoms with Crippen LogP contribution in [-0.4, -0.2) is 87.2 Å². The Labute approximate surface area is 356 Å². The summed E-state index contributed by atoms with van der Waals surface area (Å²) in [7, 11) is 0. The molecule has 0 saturated heterocycles. The van der Waals surface area contributed by atoms with E-state index in [1.165, 1.54) is 24.3 Å². The van der Waals surface area contributed by atoms with E-state index in [-0.39, 0.29) is 36.4 Å². The van der Waals surface area contributed by atoms with Crippen LogP contribution in [0.25, 0.3) is 11.1 Å². The Bertz CT molecular complexity index is 2350. The third kappa shape index (κ3) is 11.9.